The molecule has 0 fully saturated rings. The molecular formula is C23H30N2O5S. The van der Waals surface area contributed by atoms with Crippen LogP contribution in [0, 0.1) is 5.92 Å². The van der Waals surface area contributed by atoms with Crippen molar-refractivity contribution in [3.8, 4) is 0 Å². The van der Waals surface area contributed by atoms with Gasteiger partial charge in [0.05, 0.1) is 11.7 Å². The molecule has 1 amide bonds. The number of para-hydroxylation sites is 1. The SMILES string of the molecule is CC(C)Cc1ccc(C(C)C(=O)NS(=O)(=O)CCNc2ccccc2COC=O)cc1. The minimum atomic E-state index is -3.81. The smallest absolute Gasteiger partial charge is 0.293 e. The fourth-order valence-corrected chi connectivity index (χ4v) is 4.08. The molecule has 1 atom stereocenters. The number of rotatable bonds is 12. The first-order valence-corrected chi connectivity index (χ1v) is 11.9. The number of hydrogen-bond donors (Lipinski definition) is 2. The van der Waals surface area contributed by atoms with Gasteiger partial charge in [-0.1, -0.05) is 56.3 Å². The van der Waals surface area contributed by atoms with Crippen molar-refractivity contribution in [2.24, 2.45) is 5.92 Å². The molecule has 2 aromatic carbocycles. The predicted octanol–water partition coefficient (Wildman–Crippen LogP) is 3.22. The minimum absolute atomic E-state index is 0.0869. The summed E-state index contributed by atoms with van der Waals surface area (Å²) in [5, 5.41) is 3.01. The summed E-state index contributed by atoms with van der Waals surface area (Å²) in [5.41, 5.74) is 3.35. The molecular weight excluding hydrogens is 416 g/mol. The Morgan fingerprint density at radius 1 is 1.06 bits per heavy atom. The number of carbonyl (C=O) groups is 2. The average Bonchev–Trinajstić information content (AvgIpc) is 2.72. The van der Waals surface area contributed by atoms with Crippen LogP contribution in [0.3, 0.4) is 0 Å². The lowest BCUT2D eigenvalue weighted by molar-refractivity contribution is -0.129. The number of benzene rings is 2. The molecule has 0 saturated carbocycles. The second-order valence-electron chi connectivity index (χ2n) is 7.84. The predicted molar refractivity (Wildman–Crippen MR) is 121 cm³/mol. The van der Waals surface area contributed by atoms with Gasteiger partial charge in [-0.2, -0.15) is 0 Å². The number of carbonyl (C=O) groups excluding carboxylic acids is 2. The van der Waals surface area contributed by atoms with Crippen LogP contribution < -0.4 is 10.0 Å². The van der Waals surface area contributed by atoms with Crippen LogP contribution in [0.4, 0.5) is 5.69 Å². The molecule has 31 heavy (non-hydrogen) atoms. The molecule has 0 aliphatic rings. The molecule has 0 aromatic heterocycles. The Kier molecular flexibility index (Phi) is 9.05. The number of ether oxygens (including phenoxy) is 1. The number of nitrogens with one attached hydrogen (secondary N) is 2. The standard InChI is InChI=1S/C23H30N2O5S/c1-17(2)14-19-8-10-20(11-9-19)18(3)23(27)25-31(28,29)13-12-24-22-7-5-4-6-21(22)15-30-16-26/h4-11,16-18,24H,12-15H2,1-3H3,(H,25,27). The van der Waals surface area contributed by atoms with Crippen molar-refractivity contribution in [3.05, 3.63) is 65.2 Å². The largest absolute Gasteiger partial charge is 0.463 e. The van der Waals surface area contributed by atoms with Gasteiger partial charge in [0.2, 0.25) is 15.9 Å². The van der Waals surface area contributed by atoms with Crippen LogP contribution in [-0.4, -0.2) is 33.1 Å². The fraction of sp³-hybridized carbons (Fsp3) is 0.391. The Balaban J connectivity index is 1.90. The zero-order valence-corrected chi connectivity index (χ0v) is 18.9. The molecule has 0 aliphatic carbocycles. The summed E-state index contributed by atoms with van der Waals surface area (Å²) in [7, 11) is -3.81. The highest BCUT2D eigenvalue weighted by molar-refractivity contribution is 7.90. The van der Waals surface area contributed by atoms with E-state index in [1.807, 2.05) is 24.3 Å². The molecule has 2 rings (SSSR count). The van der Waals surface area contributed by atoms with Crippen LogP contribution in [0.15, 0.2) is 48.5 Å². The van der Waals surface area contributed by atoms with Crippen molar-refractivity contribution in [1.29, 1.82) is 0 Å². The van der Waals surface area contributed by atoms with Crippen molar-refractivity contribution in [2.75, 3.05) is 17.6 Å². The van der Waals surface area contributed by atoms with Crippen molar-refractivity contribution < 1.29 is 22.7 Å². The number of anilines is 1. The summed E-state index contributed by atoms with van der Waals surface area (Å²) in [4.78, 5) is 22.9. The van der Waals surface area contributed by atoms with Gasteiger partial charge in [-0.25, -0.2) is 8.42 Å². The van der Waals surface area contributed by atoms with E-state index in [0.29, 0.717) is 18.1 Å². The summed E-state index contributed by atoms with van der Waals surface area (Å²) >= 11 is 0. The van der Waals surface area contributed by atoms with E-state index in [4.69, 9.17) is 4.74 Å². The molecule has 0 bridgehead atoms. The number of sulfonamides is 1. The third-order valence-electron chi connectivity index (χ3n) is 4.78. The molecule has 7 nitrogen and oxygen atoms in total. The van der Waals surface area contributed by atoms with Gasteiger partial charge >= 0.3 is 0 Å². The Bertz CT molecular complexity index is 972. The zero-order valence-electron chi connectivity index (χ0n) is 18.1. The van der Waals surface area contributed by atoms with E-state index in [0.717, 1.165) is 17.5 Å². The summed E-state index contributed by atoms with van der Waals surface area (Å²) in [5.74, 6) is -0.884. The van der Waals surface area contributed by atoms with Crippen molar-refractivity contribution in [2.45, 2.75) is 39.7 Å². The monoisotopic (exact) mass is 446 g/mol. The topological polar surface area (TPSA) is 102 Å². The van der Waals surface area contributed by atoms with Crippen LogP contribution in [0.1, 0.15) is 43.4 Å². The van der Waals surface area contributed by atoms with Gasteiger partial charge < -0.3 is 10.1 Å². The molecule has 168 valence electrons. The summed E-state index contributed by atoms with van der Waals surface area (Å²) in [6.45, 7) is 6.50. The second-order valence-corrected chi connectivity index (χ2v) is 9.68. The highest BCUT2D eigenvalue weighted by Gasteiger charge is 2.21. The van der Waals surface area contributed by atoms with Crippen LogP contribution in [0.2, 0.25) is 0 Å². The molecule has 0 radical (unpaired) electrons. The van der Waals surface area contributed by atoms with E-state index >= 15 is 0 Å². The van der Waals surface area contributed by atoms with Crippen molar-refractivity contribution in [3.63, 3.8) is 0 Å². The van der Waals surface area contributed by atoms with Crippen molar-refractivity contribution >= 4 is 28.1 Å². The zero-order chi connectivity index (χ0) is 22.9. The first kappa shape index (κ1) is 24.4. The number of amides is 1. The maximum Gasteiger partial charge on any atom is 0.293 e. The molecule has 0 aliphatic heterocycles. The highest BCUT2D eigenvalue weighted by Crippen LogP contribution is 2.18. The Morgan fingerprint density at radius 2 is 1.74 bits per heavy atom. The minimum Gasteiger partial charge on any atom is -0.463 e. The first-order chi connectivity index (χ1) is 14.7. The molecule has 1 unspecified atom stereocenters. The van der Waals surface area contributed by atoms with Gasteiger partial charge in [-0.15, -0.1) is 0 Å². The van der Waals surface area contributed by atoms with Crippen LogP contribution >= 0.6 is 0 Å². The van der Waals surface area contributed by atoms with Crippen molar-refractivity contribution in [1.82, 2.24) is 4.72 Å². The molecule has 0 heterocycles. The van der Waals surface area contributed by atoms with E-state index in [-0.39, 0.29) is 18.9 Å². The van der Waals surface area contributed by atoms with Crippen LogP contribution in [-0.2, 0) is 37.4 Å². The van der Waals surface area contributed by atoms with Gasteiger partial charge in [0.1, 0.15) is 6.61 Å². The molecule has 8 heteroatoms. The van der Waals surface area contributed by atoms with Crippen LogP contribution in [0.25, 0.3) is 0 Å². The van der Waals surface area contributed by atoms with E-state index in [1.54, 1.807) is 31.2 Å². The maximum absolute atomic E-state index is 12.5. The second kappa shape index (κ2) is 11.5. The lowest BCUT2D eigenvalue weighted by Gasteiger charge is -2.15. The third kappa shape index (κ3) is 8.05. The van der Waals surface area contributed by atoms with E-state index in [1.165, 1.54) is 5.56 Å². The molecule has 0 spiro atoms. The van der Waals surface area contributed by atoms with Gasteiger partial charge in [-0.3, -0.25) is 14.3 Å². The summed E-state index contributed by atoms with van der Waals surface area (Å²) < 4.78 is 31.6. The van der Waals surface area contributed by atoms with E-state index in [9.17, 15) is 18.0 Å². The Hall–Kier alpha value is -2.87. The summed E-state index contributed by atoms with van der Waals surface area (Å²) in [6, 6.07) is 14.8. The van der Waals surface area contributed by atoms with Gasteiger partial charge in [0.15, 0.2) is 0 Å². The third-order valence-corrected chi connectivity index (χ3v) is 6.04. The Morgan fingerprint density at radius 3 is 2.39 bits per heavy atom. The Labute approximate surface area is 184 Å². The van der Waals surface area contributed by atoms with E-state index in [2.05, 4.69) is 23.9 Å². The molecule has 2 aromatic rings. The van der Waals surface area contributed by atoms with Gasteiger partial charge in [0.25, 0.3) is 6.47 Å². The van der Waals surface area contributed by atoms with Gasteiger partial charge in [-0.05, 0) is 36.5 Å². The normalized spacial score (nSPS) is 12.3. The molecule has 0 saturated heterocycles. The maximum atomic E-state index is 12.5. The average molecular weight is 447 g/mol. The lowest BCUT2D eigenvalue weighted by Crippen LogP contribution is -2.37. The summed E-state index contributed by atoms with van der Waals surface area (Å²) in [6.07, 6.45) is 0.951. The lowest BCUT2D eigenvalue weighted by atomic mass is 9.96. The highest BCUT2D eigenvalue weighted by atomic mass is 32.2. The molecule has 2 N–H and O–H groups in total. The van der Waals surface area contributed by atoms with E-state index < -0.39 is 21.8 Å². The quantitative estimate of drug-likeness (QED) is 0.486. The van der Waals surface area contributed by atoms with Gasteiger partial charge in [0, 0.05) is 17.8 Å². The van der Waals surface area contributed by atoms with Crippen LogP contribution in [0.5, 0.6) is 0 Å². The number of hydrogen-bond acceptors (Lipinski definition) is 6. The first-order valence-electron chi connectivity index (χ1n) is 10.2. The fourth-order valence-electron chi connectivity index (χ4n) is 3.12.